The largest absolute Gasteiger partial charge is 0.312 e. The average Bonchev–Trinajstić information content (AvgIpc) is 3.20. The number of benzene rings is 1. The Morgan fingerprint density at radius 3 is 2.44 bits per heavy atom. The van der Waals surface area contributed by atoms with Crippen molar-refractivity contribution >= 4 is 44.6 Å². The number of nitrogens with zero attached hydrogens (tertiary/aromatic N) is 2. The molecule has 0 radical (unpaired) electrons. The molecule has 0 unspecified atom stereocenters. The highest BCUT2D eigenvalue weighted by Gasteiger charge is 2.25. The highest BCUT2D eigenvalue weighted by Crippen LogP contribution is 2.27. The van der Waals surface area contributed by atoms with Crippen LogP contribution in [0.1, 0.15) is 24.6 Å². The lowest BCUT2D eigenvalue weighted by Crippen LogP contribution is -2.30. The maximum Gasteiger partial charge on any atom is 0.243 e. The van der Waals surface area contributed by atoms with Crippen molar-refractivity contribution in [2.45, 2.75) is 31.2 Å². The van der Waals surface area contributed by atoms with Crippen molar-refractivity contribution in [3.8, 4) is 0 Å². The first-order valence-corrected chi connectivity index (χ1v) is 10.7. The Kier molecular flexibility index (Phi) is 5.48. The molecule has 0 atom stereocenters. The Bertz CT molecular complexity index is 862. The molecule has 5 nitrogen and oxygen atoms in total. The molecule has 0 spiro atoms. The molecule has 1 aliphatic heterocycles. The monoisotopic (exact) mass is 398 g/mol. The van der Waals surface area contributed by atoms with Gasteiger partial charge in [-0.25, -0.2) is 8.42 Å². The molecule has 0 saturated carbocycles. The van der Waals surface area contributed by atoms with E-state index in [-0.39, 0.29) is 10.8 Å². The number of carbonyl (C=O) groups is 1. The van der Waals surface area contributed by atoms with E-state index in [9.17, 15) is 13.2 Å². The molecule has 1 aromatic heterocycles. The van der Waals surface area contributed by atoms with Crippen LogP contribution in [0.5, 0.6) is 0 Å². The van der Waals surface area contributed by atoms with Gasteiger partial charge in [0.05, 0.1) is 9.23 Å². The molecule has 3 rings (SSSR count). The van der Waals surface area contributed by atoms with E-state index in [1.54, 1.807) is 35.2 Å². The van der Waals surface area contributed by atoms with Gasteiger partial charge in [-0.3, -0.25) is 4.79 Å². The van der Waals surface area contributed by atoms with Crippen LogP contribution in [0, 0.1) is 0 Å². The number of hydrogen-bond acceptors (Lipinski definition) is 4. The molecule has 25 heavy (non-hydrogen) atoms. The van der Waals surface area contributed by atoms with Gasteiger partial charge in [0.15, 0.2) is 0 Å². The van der Waals surface area contributed by atoms with Crippen molar-refractivity contribution < 1.29 is 13.2 Å². The molecule has 1 fully saturated rings. The van der Waals surface area contributed by atoms with Gasteiger partial charge in [-0.15, -0.1) is 11.3 Å². The minimum absolute atomic E-state index is 0.0837. The number of carbonyl (C=O) groups excluding carboxylic acids is 1. The van der Waals surface area contributed by atoms with Crippen molar-refractivity contribution in [3.63, 3.8) is 0 Å². The number of thiophene rings is 1. The first-order valence-electron chi connectivity index (χ1n) is 8.06. The third-order valence-electron chi connectivity index (χ3n) is 4.17. The predicted octanol–water partition coefficient (Wildman–Crippen LogP) is 3.74. The maximum absolute atomic E-state index is 12.9. The zero-order valence-electron chi connectivity index (χ0n) is 13.8. The molecule has 0 bridgehead atoms. The zero-order valence-corrected chi connectivity index (χ0v) is 16.2. The van der Waals surface area contributed by atoms with Crippen LogP contribution < -0.4 is 4.90 Å². The summed E-state index contributed by atoms with van der Waals surface area (Å²) in [7, 11) is -3.60. The summed E-state index contributed by atoms with van der Waals surface area (Å²) in [6.07, 6.45) is 1.39. The predicted molar refractivity (Wildman–Crippen MR) is 101 cm³/mol. The first kappa shape index (κ1) is 18.4. The van der Waals surface area contributed by atoms with Gasteiger partial charge < -0.3 is 4.90 Å². The van der Waals surface area contributed by atoms with E-state index in [4.69, 9.17) is 11.6 Å². The minimum atomic E-state index is -3.60. The normalized spacial score (nSPS) is 15.3. The summed E-state index contributed by atoms with van der Waals surface area (Å²) in [5.74, 6) is 0.0837. The van der Waals surface area contributed by atoms with E-state index in [1.807, 2.05) is 13.0 Å². The summed E-state index contributed by atoms with van der Waals surface area (Å²) in [6, 6.07) is 10.1. The number of hydrogen-bond donors (Lipinski definition) is 0. The molecule has 2 heterocycles. The number of amides is 1. The van der Waals surface area contributed by atoms with Crippen LogP contribution in [0.2, 0.25) is 4.34 Å². The fourth-order valence-electron chi connectivity index (χ4n) is 2.85. The fourth-order valence-corrected chi connectivity index (χ4v) is 5.46. The van der Waals surface area contributed by atoms with Crippen molar-refractivity contribution in [2.24, 2.45) is 0 Å². The molecule has 1 aliphatic rings. The molecule has 1 amide bonds. The Morgan fingerprint density at radius 1 is 1.20 bits per heavy atom. The molecule has 0 N–H and O–H groups in total. The average molecular weight is 399 g/mol. The van der Waals surface area contributed by atoms with Crippen molar-refractivity contribution in [2.75, 3.05) is 18.0 Å². The van der Waals surface area contributed by atoms with Crippen LogP contribution >= 0.6 is 22.9 Å². The van der Waals surface area contributed by atoms with Crippen LogP contribution in [0.4, 0.5) is 5.69 Å². The van der Waals surface area contributed by atoms with E-state index in [0.717, 1.165) is 17.0 Å². The van der Waals surface area contributed by atoms with Gasteiger partial charge >= 0.3 is 0 Å². The van der Waals surface area contributed by atoms with Gasteiger partial charge in [0.25, 0.3) is 0 Å². The van der Waals surface area contributed by atoms with Crippen LogP contribution in [-0.4, -0.2) is 31.7 Å². The van der Waals surface area contributed by atoms with Gasteiger partial charge in [0, 0.05) is 36.6 Å². The summed E-state index contributed by atoms with van der Waals surface area (Å²) in [5, 5.41) is 0. The van der Waals surface area contributed by atoms with Crippen molar-refractivity contribution in [1.82, 2.24) is 4.31 Å². The molecule has 134 valence electrons. The summed E-state index contributed by atoms with van der Waals surface area (Å²) in [6.45, 7) is 3.15. The molecular weight excluding hydrogens is 380 g/mol. The topological polar surface area (TPSA) is 57.7 Å². The highest BCUT2D eigenvalue weighted by molar-refractivity contribution is 7.89. The first-order chi connectivity index (χ1) is 11.9. The molecule has 8 heteroatoms. The smallest absolute Gasteiger partial charge is 0.243 e. The second-order valence-corrected chi connectivity index (χ2v) is 9.52. The van der Waals surface area contributed by atoms with Gasteiger partial charge in [0.2, 0.25) is 15.9 Å². The van der Waals surface area contributed by atoms with Gasteiger partial charge in [-0.2, -0.15) is 4.31 Å². The minimum Gasteiger partial charge on any atom is -0.312 e. The standard InChI is InChI=1S/C17H19ClN2O3S2/c1-2-19(12-14-7-10-16(18)24-14)25(22,23)15-8-5-13(6-9-15)20-11-3-4-17(20)21/h5-10H,2-4,11-12H2,1H3. The number of sulfonamides is 1. The summed E-state index contributed by atoms with van der Waals surface area (Å²) in [4.78, 5) is 14.6. The third-order valence-corrected chi connectivity index (χ3v) is 7.32. The molecule has 1 aromatic carbocycles. The van der Waals surface area contributed by atoms with Crippen LogP contribution in [-0.2, 0) is 21.4 Å². The van der Waals surface area contributed by atoms with E-state index >= 15 is 0 Å². The number of anilines is 1. The second kappa shape index (κ2) is 7.45. The lowest BCUT2D eigenvalue weighted by molar-refractivity contribution is -0.117. The molecule has 1 saturated heterocycles. The van der Waals surface area contributed by atoms with E-state index in [0.29, 0.717) is 30.4 Å². The lowest BCUT2D eigenvalue weighted by atomic mass is 10.3. The van der Waals surface area contributed by atoms with Gasteiger partial charge in [0.1, 0.15) is 0 Å². The molecular formula is C17H19ClN2O3S2. The maximum atomic E-state index is 12.9. The van der Waals surface area contributed by atoms with Gasteiger partial charge in [-0.1, -0.05) is 18.5 Å². The summed E-state index contributed by atoms with van der Waals surface area (Å²) >= 11 is 7.31. The highest BCUT2D eigenvalue weighted by atomic mass is 35.5. The number of halogens is 1. The quantitative estimate of drug-likeness (QED) is 0.744. The van der Waals surface area contributed by atoms with E-state index in [1.165, 1.54) is 15.6 Å². The Balaban J connectivity index is 1.81. The van der Waals surface area contributed by atoms with E-state index in [2.05, 4.69) is 0 Å². The van der Waals surface area contributed by atoms with Crippen molar-refractivity contribution in [1.29, 1.82) is 0 Å². The summed E-state index contributed by atoms with van der Waals surface area (Å²) in [5.41, 5.74) is 0.745. The molecule has 0 aliphatic carbocycles. The van der Waals surface area contributed by atoms with Crippen LogP contribution in [0.3, 0.4) is 0 Å². The third kappa shape index (κ3) is 3.89. The fraction of sp³-hybridized carbons (Fsp3) is 0.353. The van der Waals surface area contributed by atoms with Gasteiger partial charge in [-0.05, 0) is 42.8 Å². The SMILES string of the molecule is CCN(Cc1ccc(Cl)s1)S(=O)(=O)c1ccc(N2CCCC2=O)cc1. The Morgan fingerprint density at radius 2 is 1.92 bits per heavy atom. The van der Waals surface area contributed by atoms with E-state index < -0.39 is 10.0 Å². The van der Waals surface area contributed by atoms with Crippen LogP contribution in [0.15, 0.2) is 41.3 Å². The second-order valence-electron chi connectivity index (χ2n) is 5.78. The van der Waals surface area contributed by atoms with Crippen LogP contribution in [0.25, 0.3) is 0 Å². The number of rotatable bonds is 6. The zero-order chi connectivity index (χ0) is 18.0. The Labute approximate surface area is 156 Å². The van der Waals surface area contributed by atoms with Crippen molar-refractivity contribution in [3.05, 3.63) is 45.6 Å². The lowest BCUT2D eigenvalue weighted by Gasteiger charge is -2.21. The Hall–Kier alpha value is -1.41. The molecule has 2 aromatic rings. The summed E-state index contributed by atoms with van der Waals surface area (Å²) < 4.78 is 27.8.